The number of likely N-dealkylation sites (tertiary alicyclic amines) is 2. The third kappa shape index (κ3) is 6.61. The van der Waals surface area contributed by atoms with Gasteiger partial charge in [0.25, 0.3) is 0 Å². The molecule has 0 radical (unpaired) electrons. The van der Waals surface area contributed by atoms with Crippen LogP contribution in [0.4, 0.5) is 4.79 Å². The highest BCUT2D eigenvalue weighted by atomic mass is 16.6. The lowest BCUT2D eigenvalue weighted by molar-refractivity contribution is -0.115. The molecule has 6 nitrogen and oxygen atoms in total. The zero-order valence-corrected chi connectivity index (χ0v) is 19.1. The quantitative estimate of drug-likeness (QED) is 0.674. The van der Waals surface area contributed by atoms with Crippen molar-refractivity contribution in [1.82, 2.24) is 9.80 Å². The summed E-state index contributed by atoms with van der Waals surface area (Å²) < 4.78 is 17.3. The molecule has 1 atom stereocenters. The van der Waals surface area contributed by atoms with Crippen molar-refractivity contribution in [1.29, 1.82) is 0 Å². The van der Waals surface area contributed by atoms with Crippen LogP contribution >= 0.6 is 0 Å². The summed E-state index contributed by atoms with van der Waals surface area (Å²) in [6, 6.07) is 8.38. The van der Waals surface area contributed by atoms with E-state index in [4.69, 9.17) is 14.2 Å². The Morgan fingerprint density at radius 1 is 1.03 bits per heavy atom. The fourth-order valence-electron chi connectivity index (χ4n) is 4.20. The zero-order valence-electron chi connectivity index (χ0n) is 19.1. The Bertz CT molecular complexity index is 657. The SMILES string of the molecule is COc1ccc(C2CCN(C(COC(C)(C)C)OC(=O)N3CCCCC3)CC2)cc1. The number of nitrogens with zero attached hydrogens (tertiary/aromatic N) is 2. The number of hydrogen-bond acceptors (Lipinski definition) is 5. The molecule has 0 N–H and O–H groups in total. The van der Waals surface area contributed by atoms with E-state index in [0.29, 0.717) is 12.5 Å². The Morgan fingerprint density at radius 2 is 1.67 bits per heavy atom. The second-order valence-corrected chi connectivity index (χ2v) is 9.39. The minimum absolute atomic E-state index is 0.200. The molecule has 30 heavy (non-hydrogen) atoms. The smallest absolute Gasteiger partial charge is 0.411 e. The minimum atomic E-state index is -0.338. The van der Waals surface area contributed by atoms with Crippen LogP contribution in [0.1, 0.15) is 64.4 Å². The van der Waals surface area contributed by atoms with Crippen molar-refractivity contribution >= 4 is 6.09 Å². The van der Waals surface area contributed by atoms with Crippen molar-refractivity contribution in [3.05, 3.63) is 29.8 Å². The molecule has 1 unspecified atom stereocenters. The maximum absolute atomic E-state index is 12.7. The van der Waals surface area contributed by atoms with Crippen LogP contribution in [0, 0.1) is 0 Å². The monoisotopic (exact) mass is 418 g/mol. The minimum Gasteiger partial charge on any atom is -0.497 e. The van der Waals surface area contributed by atoms with E-state index in [-0.39, 0.29) is 17.9 Å². The number of carbonyl (C=O) groups is 1. The van der Waals surface area contributed by atoms with Crippen molar-refractivity contribution in [3.8, 4) is 5.75 Å². The number of methoxy groups -OCH3 is 1. The van der Waals surface area contributed by atoms with Crippen LogP contribution in [0.3, 0.4) is 0 Å². The van der Waals surface area contributed by atoms with Crippen LogP contribution in [-0.2, 0) is 9.47 Å². The maximum Gasteiger partial charge on any atom is 0.411 e. The van der Waals surface area contributed by atoms with Gasteiger partial charge in [-0.05, 0) is 76.5 Å². The molecule has 6 heteroatoms. The summed E-state index contributed by atoms with van der Waals surface area (Å²) in [6.07, 6.45) is 4.86. The van der Waals surface area contributed by atoms with E-state index in [1.807, 2.05) is 37.8 Å². The number of ether oxygens (including phenoxy) is 3. The van der Waals surface area contributed by atoms with Gasteiger partial charge in [-0.2, -0.15) is 0 Å². The second kappa shape index (κ2) is 10.5. The Labute approximate surface area is 181 Å². The highest BCUT2D eigenvalue weighted by molar-refractivity contribution is 5.67. The highest BCUT2D eigenvalue weighted by Crippen LogP contribution is 2.30. The average Bonchev–Trinajstić information content (AvgIpc) is 2.76. The van der Waals surface area contributed by atoms with Gasteiger partial charge in [0, 0.05) is 26.2 Å². The molecule has 2 aliphatic rings. The van der Waals surface area contributed by atoms with Crippen LogP contribution in [0.5, 0.6) is 5.75 Å². The van der Waals surface area contributed by atoms with Gasteiger partial charge in [-0.15, -0.1) is 0 Å². The first-order valence-corrected chi connectivity index (χ1v) is 11.3. The first-order chi connectivity index (χ1) is 14.4. The Kier molecular flexibility index (Phi) is 8.00. The Hall–Kier alpha value is -1.79. The van der Waals surface area contributed by atoms with E-state index >= 15 is 0 Å². The molecule has 1 aromatic rings. The number of amides is 1. The van der Waals surface area contributed by atoms with Gasteiger partial charge in [0.1, 0.15) is 5.75 Å². The molecular weight excluding hydrogens is 380 g/mol. The van der Waals surface area contributed by atoms with Crippen LogP contribution in [0.15, 0.2) is 24.3 Å². The summed E-state index contributed by atoms with van der Waals surface area (Å²) >= 11 is 0. The van der Waals surface area contributed by atoms with Crippen LogP contribution in [0.25, 0.3) is 0 Å². The largest absolute Gasteiger partial charge is 0.497 e. The molecule has 0 saturated carbocycles. The van der Waals surface area contributed by atoms with Crippen molar-refractivity contribution in [3.63, 3.8) is 0 Å². The lowest BCUT2D eigenvalue weighted by atomic mass is 9.89. The number of carbonyl (C=O) groups excluding carboxylic acids is 1. The fourth-order valence-corrected chi connectivity index (χ4v) is 4.20. The number of hydrogen-bond donors (Lipinski definition) is 0. The van der Waals surface area contributed by atoms with Crippen LogP contribution in [0.2, 0.25) is 0 Å². The summed E-state index contributed by atoms with van der Waals surface area (Å²) in [4.78, 5) is 16.8. The van der Waals surface area contributed by atoms with Crippen molar-refractivity contribution in [2.45, 2.75) is 70.6 Å². The molecule has 0 aliphatic carbocycles. The van der Waals surface area contributed by atoms with E-state index in [9.17, 15) is 4.79 Å². The third-order valence-electron chi connectivity index (χ3n) is 6.03. The molecule has 2 aliphatic heterocycles. The predicted octanol–water partition coefficient (Wildman–Crippen LogP) is 4.64. The fraction of sp³-hybridized carbons (Fsp3) is 0.708. The summed E-state index contributed by atoms with van der Waals surface area (Å²) in [7, 11) is 1.69. The van der Waals surface area contributed by atoms with E-state index in [1.165, 1.54) is 12.0 Å². The van der Waals surface area contributed by atoms with Gasteiger partial charge < -0.3 is 19.1 Å². The van der Waals surface area contributed by atoms with E-state index in [1.54, 1.807) is 7.11 Å². The molecule has 168 valence electrons. The zero-order chi connectivity index (χ0) is 21.6. The molecule has 0 bridgehead atoms. The van der Waals surface area contributed by atoms with E-state index in [2.05, 4.69) is 17.0 Å². The summed E-state index contributed by atoms with van der Waals surface area (Å²) in [5, 5.41) is 0. The Morgan fingerprint density at radius 3 is 2.23 bits per heavy atom. The molecule has 1 aromatic carbocycles. The molecule has 0 spiro atoms. The maximum atomic E-state index is 12.7. The molecule has 2 fully saturated rings. The lowest BCUT2D eigenvalue weighted by Gasteiger charge is -2.39. The molecule has 2 heterocycles. The molecule has 0 aromatic heterocycles. The third-order valence-corrected chi connectivity index (χ3v) is 6.03. The average molecular weight is 419 g/mol. The van der Waals surface area contributed by atoms with Crippen molar-refractivity contribution in [2.24, 2.45) is 0 Å². The molecule has 1 amide bonds. The van der Waals surface area contributed by atoms with Crippen LogP contribution < -0.4 is 4.74 Å². The Balaban J connectivity index is 1.59. The first kappa shape index (κ1) is 22.9. The summed E-state index contributed by atoms with van der Waals surface area (Å²) in [5.41, 5.74) is 1.08. The number of rotatable bonds is 6. The van der Waals surface area contributed by atoms with Crippen molar-refractivity contribution < 1.29 is 19.0 Å². The van der Waals surface area contributed by atoms with E-state index in [0.717, 1.165) is 57.6 Å². The number of piperidine rings is 2. The summed E-state index contributed by atoms with van der Waals surface area (Å²) in [6.45, 7) is 9.88. The summed E-state index contributed by atoms with van der Waals surface area (Å²) in [5.74, 6) is 1.41. The topological polar surface area (TPSA) is 51.2 Å². The van der Waals surface area contributed by atoms with Crippen LogP contribution in [-0.4, -0.2) is 67.6 Å². The molecule has 2 saturated heterocycles. The molecular formula is C24H38N2O4. The van der Waals surface area contributed by atoms with Gasteiger partial charge in [-0.3, -0.25) is 4.90 Å². The lowest BCUT2D eigenvalue weighted by Crippen LogP contribution is -2.49. The normalized spacial score (nSPS) is 20.1. The van der Waals surface area contributed by atoms with E-state index < -0.39 is 0 Å². The standard InChI is InChI=1S/C24H38N2O4/c1-24(2,3)29-18-22(30-23(27)26-14-6-5-7-15-26)25-16-12-20(13-17-25)19-8-10-21(28-4)11-9-19/h8-11,20,22H,5-7,12-18H2,1-4H3. The van der Waals surface area contributed by atoms with Gasteiger partial charge in [0.05, 0.1) is 19.3 Å². The predicted molar refractivity (Wildman–Crippen MR) is 118 cm³/mol. The van der Waals surface area contributed by atoms with Crippen molar-refractivity contribution in [2.75, 3.05) is 39.9 Å². The van der Waals surface area contributed by atoms with Gasteiger partial charge in [0.15, 0.2) is 6.23 Å². The highest BCUT2D eigenvalue weighted by Gasteiger charge is 2.31. The van der Waals surface area contributed by atoms with Gasteiger partial charge in [-0.1, -0.05) is 12.1 Å². The van der Waals surface area contributed by atoms with Gasteiger partial charge >= 0.3 is 6.09 Å². The second-order valence-electron chi connectivity index (χ2n) is 9.39. The van der Waals surface area contributed by atoms with Gasteiger partial charge in [-0.25, -0.2) is 4.79 Å². The first-order valence-electron chi connectivity index (χ1n) is 11.3. The number of benzene rings is 1. The van der Waals surface area contributed by atoms with Gasteiger partial charge in [0.2, 0.25) is 0 Å². The molecule has 3 rings (SSSR count).